The zero-order valence-electron chi connectivity index (χ0n) is 15.4. The van der Waals surface area contributed by atoms with E-state index in [4.69, 9.17) is 10.00 Å². The maximum atomic E-state index is 12.7. The Morgan fingerprint density at radius 2 is 1.89 bits per heavy atom. The molecule has 4 rings (SSSR count). The number of nitrogens with zero attached hydrogens (tertiary/aromatic N) is 1. The van der Waals surface area contributed by atoms with Gasteiger partial charge in [0.05, 0.1) is 18.1 Å². The summed E-state index contributed by atoms with van der Waals surface area (Å²) in [7, 11) is 0. The van der Waals surface area contributed by atoms with Gasteiger partial charge < -0.3 is 10.1 Å². The van der Waals surface area contributed by atoms with Crippen LogP contribution in [0.2, 0.25) is 0 Å². The number of hydrogen-bond donors (Lipinski definition) is 1. The van der Waals surface area contributed by atoms with Crippen molar-refractivity contribution in [2.75, 3.05) is 0 Å². The standard InChI is InChI=1S/C23H20N2O3/c24-14-15-5-7-17(8-6-15)22(23(27)25-19-11-12-19)28-21(26)13-18-10-9-16-3-1-2-4-20(16)18/h1-8,10,19,22H,9,11-13H2,(H,25,27). The van der Waals surface area contributed by atoms with Crippen LogP contribution in [-0.4, -0.2) is 17.9 Å². The van der Waals surface area contributed by atoms with Gasteiger partial charge in [0.25, 0.3) is 5.91 Å². The quantitative estimate of drug-likeness (QED) is 0.788. The first-order valence-electron chi connectivity index (χ1n) is 9.41. The lowest BCUT2D eigenvalue weighted by molar-refractivity contribution is -0.155. The van der Waals surface area contributed by atoms with Crippen LogP contribution in [0.4, 0.5) is 0 Å². The molecular weight excluding hydrogens is 352 g/mol. The van der Waals surface area contributed by atoms with E-state index in [-0.39, 0.29) is 18.4 Å². The summed E-state index contributed by atoms with van der Waals surface area (Å²) in [5, 5.41) is 11.9. The Labute approximate surface area is 163 Å². The molecule has 5 nitrogen and oxygen atoms in total. The van der Waals surface area contributed by atoms with E-state index in [1.54, 1.807) is 24.3 Å². The molecule has 1 atom stereocenters. The molecule has 28 heavy (non-hydrogen) atoms. The van der Waals surface area contributed by atoms with Gasteiger partial charge in [-0.1, -0.05) is 42.5 Å². The predicted molar refractivity (Wildman–Crippen MR) is 104 cm³/mol. The lowest BCUT2D eigenvalue weighted by Gasteiger charge is -2.18. The summed E-state index contributed by atoms with van der Waals surface area (Å²) >= 11 is 0. The van der Waals surface area contributed by atoms with Crippen LogP contribution in [-0.2, 0) is 20.7 Å². The fourth-order valence-electron chi connectivity index (χ4n) is 3.36. The van der Waals surface area contributed by atoms with Crippen molar-refractivity contribution >= 4 is 17.4 Å². The molecule has 0 heterocycles. The lowest BCUT2D eigenvalue weighted by atomic mass is 10.0. The molecule has 140 valence electrons. The van der Waals surface area contributed by atoms with Crippen molar-refractivity contribution in [2.45, 2.75) is 37.8 Å². The number of nitrogens with one attached hydrogen (secondary N) is 1. The fourth-order valence-corrected chi connectivity index (χ4v) is 3.36. The van der Waals surface area contributed by atoms with Crippen LogP contribution in [0.1, 0.15) is 47.6 Å². The molecular formula is C23H20N2O3. The van der Waals surface area contributed by atoms with Gasteiger partial charge in [0.2, 0.25) is 6.10 Å². The SMILES string of the molecule is N#Cc1ccc(C(OC(=O)CC2=CCc3ccccc32)C(=O)NC2CC2)cc1. The van der Waals surface area contributed by atoms with Gasteiger partial charge in [-0.15, -0.1) is 0 Å². The van der Waals surface area contributed by atoms with Crippen LogP contribution < -0.4 is 5.32 Å². The molecule has 2 aromatic rings. The number of esters is 1. The number of amides is 1. The van der Waals surface area contributed by atoms with E-state index < -0.39 is 12.1 Å². The van der Waals surface area contributed by atoms with E-state index in [0.29, 0.717) is 11.1 Å². The number of rotatable bonds is 6. The summed E-state index contributed by atoms with van der Waals surface area (Å²) in [4.78, 5) is 25.3. The third-order valence-electron chi connectivity index (χ3n) is 5.02. The van der Waals surface area contributed by atoms with Crippen molar-refractivity contribution in [2.24, 2.45) is 0 Å². The second kappa shape index (κ2) is 7.69. The van der Waals surface area contributed by atoms with Gasteiger partial charge in [-0.25, -0.2) is 0 Å². The maximum absolute atomic E-state index is 12.7. The smallest absolute Gasteiger partial charge is 0.311 e. The normalized spacial score (nSPS) is 15.8. The van der Waals surface area contributed by atoms with Gasteiger partial charge in [-0.3, -0.25) is 9.59 Å². The fraction of sp³-hybridized carbons (Fsp3) is 0.261. The van der Waals surface area contributed by atoms with Crippen LogP contribution in [0.25, 0.3) is 5.57 Å². The van der Waals surface area contributed by atoms with Gasteiger partial charge in [0, 0.05) is 11.6 Å². The number of nitriles is 1. The minimum Gasteiger partial charge on any atom is -0.447 e. The van der Waals surface area contributed by atoms with Crippen LogP contribution in [0.3, 0.4) is 0 Å². The molecule has 2 aliphatic carbocycles. The van der Waals surface area contributed by atoms with Gasteiger partial charge >= 0.3 is 5.97 Å². The molecule has 0 aromatic heterocycles. The highest BCUT2D eigenvalue weighted by Crippen LogP contribution is 2.31. The molecule has 1 amide bonds. The van der Waals surface area contributed by atoms with Crippen LogP contribution in [0.15, 0.2) is 54.6 Å². The number of allylic oxidation sites excluding steroid dienone is 1. The minimum atomic E-state index is -1.02. The Balaban J connectivity index is 1.49. The molecule has 2 aromatic carbocycles. The van der Waals surface area contributed by atoms with Crippen molar-refractivity contribution in [3.63, 3.8) is 0 Å². The maximum Gasteiger partial charge on any atom is 0.311 e. The summed E-state index contributed by atoms with van der Waals surface area (Å²) in [5.74, 6) is -0.760. The highest BCUT2D eigenvalue weighted by molar-refractivity contribution is 5.90. The summed E-state index contributed by atoms with van der Waals surface area (Å²) < 4.78 is 5.60. The monoisotopic (exact) mass is 372 g/mol. The third-order valence-corrected chi connectivity index (χ3v) is 5.02. The number of carbonyl (C=O) groups is 2. The summed E-state index contributed by atoms with van der Waals surface area (Å²) in [6.45, 7) is 0. The Morgan fingerprint density at radius 1 is 1.14 bits per heavy atom. The Hall–Kier alpha value is -3.39. The largest absolute Gasteiger partial charge is 0.447 e. The summed E-state index contributed by atoms with van der Waals surface area (Å²) in [6, 6.07) is 16.8. The van der Waals surface area contributed by atoms with E-state index in [1.165, 1.54) is 5.56 Å². The zero-order chi connectivity index (χ0) is 19.5. The number of carbonyl (C=O) groups excluding carboxylic acids is 2. The van der Waals surface area contributed by atoms with Crippen molar-refractivity contribution in [1.82, 2.24) is 5.32 Å². The van der Waals surface area contributed by atoms with E-state index >= 15 is 0 Å². The van der Waals surface area contributed by atoms with Crippen molar-refractivity contribution in [3.8, 4) is 6.07 Å². The first-order chi connectivity index (χ1) is 13.6. The van der Waals surface area contributed by atoms with Gasteiger partial charge in [-0.05, 0) is 48.1 Å². The highest BCUT2D eigenvalue weighted by Gasteiger charge is 2.31. The van der Waals surface area contributed by atoms with Gasteiger partial charge in [0.1, 0.15) is 0 Å². The van der Waals surface area contributed by atoms with Crippen LogP contribution in [0, 0.1) is 11.3 Å². The number of hydrogen-bond acceptors (Lipinski definition) is 4. The van der Waals surface area contributed by atoms with E-state index in [2.05, 4.69) is 5.32 Å². The lowest BCUT2D eigenvalue weighted by Crippen LogP contribution is -2.33. The third kappa shape index (κ3) is 3.96. The molecule has 5 heteroatoms. The van der Waals surface area contributed by atoms with Gasteiger partial charge in [-0.2, -0.15) is 5.26 Å². The number of fused-ring (bicyclic) bond motifs is 1. The van der Waals surface area contributed by atoms with Crippen LogP contribution >= 0.6 is 0 Å². The first kappa shape index (κ1) is 18.0. The van der Waals surface area contributed by atoms with E-state index in [1.807, 2.05) is 36.4 Å². The topological polar surface area (TPSA) is 79.2 Å². The van der Waals surface area contributed by atoms with Crippen molar-refractivity contribution in [3.05, 3.63) is 76.9 Å². The molecule has 1 fully saturated rings. The summed E-state index contributed by atoms with van der Waals surface area (Å²) in [5.41, 5.74) is 4.24. The Kier molecular flexibility index (Phi) is 4.94. The van der Waals surface area contributed by atoms with E-state index in [0.717, 1.165) is 30.4 Å². The molecule has 0 bridgehead atoms. The first-order valence-corrected chi connectivity index (χ1v) is 9.41. The molecule has 2 aliphatic rings. The average Bonchev–Trinajstić information content (AvgIpc) is 3.45. The van der Waals surface area contributed by atoms with Gasteiger partial charge in [0.15, 0.2) is 0 Å². The molecule has 1 saturated carbocycles. The van der Waals surface area contributed by atoms with Crippen molar-refractivity contribution in [1.29, 1.82) is 5.26 Å². The Bertz CT molecular complexity index is 982. The number of ether oxygens (including phenoxy) is 1. The summed E-state index contributed by atoms with van der Waals surface area (Å²) in [6.07, 6.45) is 3.85. The molecule has 0 aliphatic heterocycles. The molecule has 1 N–H and O–H groups in total. The molecule has 0 radical (unpaired) electrons. The molecule has 0 spiro atoms. The van der Waals surface area contributed by atoms with Crippen LogP contribution in [0.5, 0.6) is 0 Å². The average molecular weight is 372 g/mol. The minimum absolute atomic E-state index is 0.125. The van der Waals surface area contributed by atoms with E-state index in [9.17, 15) is 9.59 Å². The highest BCUT2D eigenvalue weighted by atomic mass is 16.5. The Morgan fingerprint density at radius 3 is 2.61 bits per heavy atom. The number of benzene rings is 2. The second-order valence-electron chi connectivity index (χ2n) is 7.15. The zero-order valence-corrected chi connectivity index (χ0v) is 15.4. The molecule has 0 saturated heterocycles. The van der Waals surface area contributed by atoms with Crippen molar-refractivity contribution < 1.29 is 14.3 Å². The molecule has 1 unspecified atom stereocenters. The predicted octanol–water partition coefficient (Wildman–Crippen LogP) is 3.45. The second-order valence-corrected chi connectivity index (χ2v) is 7.15.